The van der Waals surface area contributed by atoms with Gasteiger partial charge in [0.2, 0.25) is 11.8 Å². The van der Waals surface area contributed by atoms with Gasteiger partial charge < -0.3 is 4.74 Å². The Morgan fingerprint density at radius 1 is 0.879 bits per heavy atom. The third-order valence-electron chi connectivity index (χ3n) is 7.06. The number of ether oxygens (including phenoxy) is 1. The molecule has 6 nitrogen and oxygen atoms in total. The maximum absolute atomic E-state index is 13.1. The van der Waals surface area contributed by atoms with E-state index in [-0.39, 0.29) is 63.1 Å². The number of alkyl halides is 2. The summed E-state index contributed by atoms with van der Waals surface area (Å²) < 4.78 is 5.16. The van der Waals surface area contributed by atoms with Gasteiger partial charge >= 0.3 is 5.97 Å². The number of anilines is 1. The number of carbonyl (C=O) groups excluding carboxylic acids is 4. The molecule has 1 heterocycles. The van der Waals surface area contributed by atoms with Crippen LogP contribution in [0.1, 0.15) is 32.7 Å². The number of Topliss-reactive ketones (excluding diaryl/α,β-unsaturated/α-hetero) is 1. The van der Waals surface area contributed by atoms with Gasteiger partial charge in [0.25, 0.3) is 0 Å². The van der Waals surface area contributed by atoms with Gasteiger partial charge in [0.1, 0.15) is 0 Å². The second-order valence-electron chi connectivity index (χ2n) is 8.93. The summed E-state index contributed by atoms with van der Waals surface area (Å²) in [4.78, 5) is 52.5. The molecule has 5 rings (SSSR count). The molecule has 3 fully saturated rings. The number of hydrogen-bond donors (Lipinski definition) is 0. The average molecular weight is 575 g/mol. The van der Waals surface area contributed by atoms with Crippen molar-refractivity contribution in [3.05, 3.63) is 65.2 Å². The largest absolute Gasteiger partial charge is 0.454 e. The van der Waals surface area contributed by atoms with Gasteiger partial charge in [-0.3, -0.25) is 19.3 Å². The zero-order chi connectivity index (χ0) is 23.4. The topological polar surface area (TPSA) is 80.8 Å². The van der Waals surface area contributed by atoms with Crippen LogP contribution in [0.3, 0.4) is 0 Å². The summed E-state index contributed by atoms with van der Waals surface area (Å²) in [5.41, 5.74) is 2.21. The van der Waals surface area contributed by atoms with Crippen molar-refractivity contribution in [1.29, 1.82) is 0 Å². The zero-order valence-corrected chi connectivity index (χ0v) is 20.9. The lowest BCUT2D eigenvalue weighted by molar-refractivity contribution is -0.123. The van der Waals surface area contributed by atoms with Gasteiger partial charge in [-0.25, -0.2) is 4.79 Å². The molecule has 2 bridgehead atoms. The predicted molar refractivity (Wildman–Crippen MR) is 129 cm³/mol. The molecule has 0 radical (unpaired) electrons. The smallest absolute Gasteiger partial charge is 0.338 e. The van der Waals surface area contributed by atoms with E-state index in [1.165, 1.54) is 17.0 Å². The Bertz CT molecular complexity index is 1110. The highest BCUT2D eigenvalue weighted by Crippen LogP contribution is 2.60. The first kappa shape index (κ1) is 22.5. The Morgan fingerprint density at radius 2 is 1.39 bits per heavy atom. The molecule has 2 aromatic rings. The monoisotopic (exact) mass is 573 g/mol. The molecule has 33 heavy (non-hydrogen) atoms. The van der Waals surface area contributed by atoms with Crippen LogP contribution in [0, 0.1) is 30.6 Å². The lowest BCUT2D eigenvalue weighted by Crippen LogP contribution is -2.37. The molecule has 1 aliphatic heterocycles. The van der Waals surface area contributed by atoms with E-state index in [2.05, 4.69) is 31.9 Å². The highest BCUT2D eigenvalue weighted by atomic mass is 79.9. The second-order valence-corrected chi connectivity index (χ2v) is 11.0. The fraction of sp³-hybridized carbons (Fsp3) is 0.360. The molecule has 6 atom stereocenters. The normalized spacial score (nSPS) is 30.0. The van der Waals surface area contributed by atoms with Gasteiger partial charge in [-0.15, -0.1) is 0 Å². The van der Waals surface area contributed by atoms with Crippen molar-refractivity contribution in [3.63, 3.8) is 0 Å². The third-order valence-corrected chi connectivity index (χ3v) is 10.3. The molecule has 8 heteroatoms. The van der Waals surface area contributed by atoms with E-state index in [9.17, 15) is 19.2 Å². The summed E-state index contributed by atoms with van der Waals surface area (Å²) in [5.74, 6) is -1.56. The van der Waals surface area contributed by atoms with Gasteiger partial charge in [-0.1, -0.05) is 61.7 Å². The maximum atomic E-state index is 13.1. The Labute approximate surface area is 207 Å². The van der Waals surface area contributed by atoms with E-state index in [0.29, 0.717) is 11.3 Å². The minimum absolute atomic E-state index is 0.145. The molecule has 3 aliphatic rings. The van der Waals surface area contributed by atoms with Crippen LogP contribution in [0.5, 0.6) is 0 Å². The van der Waals surface area contributed by atoms with E-state index in [1.54, 1.807) is 24.3 Å². The Kier molecular flexibility index (Phi) is 5.77. The van der Waals surface area contributed by atoms with Crippen molar-refractivity contribution in [3.8, 4) is 0 Å². The first-order valence-corrected chi connectivity index (χ1v) is 12.6. The second kappa shape index (κ2) is 8.47. The summed E-state index contributed by atoms with van der Waals surface area (Å²) in [6, 6.07) is 13.2. The number of nitrogens with zero attached hydrogens (tertiary/aromatic N) is 1. The molecule has 0 aromatic heterocycles. The Hall–Kier alpha value is -2.32. The number of esters is 1. The molecule has 2 amide bonds. The van der Waals surface area contributed by atoms with Crippen LogP contribution in [-0.2, 0) is 14.3 Å². The zero-order valence-electron chi connectivity index (χ0n) is 17.7. The van der Waals surface area contributed by atoms with Crippen LogP contribution in [0.25, 0.3) is 0 Å². The fourth-order valence-corrected chi connectivity index (χ4v) is 7.26. The summed E-state index contributed by atoms with van der Waals surface area (Å²) in [5, 5.41) is 0. The van der Waals surface area contributed by atoms with E-state index in [0.717, 1.165) is 12.0 Å². The van der Waals surface area contributed by atoms with Gasteiger partial charge in [-0.2, -0.15) is 0 Å². The molecule has 0 unspecified atom stereocenters. The first-order chi connectivity index (χ1) is 15.8. The van der Waals surface area contributed by atoms with Crippen molar-refractivity contribution >= 4 is 61.1 Å². The van der Waals surface area contributed by atoms with E-state index in [4.69, 9.17) is 4.74 Å². The number of aryl methyl sites for hydroxylation is 1. The number of ketones is 1. The van der Waals surface area contributed by atoms with Crippen molar-refractivity contribution in [2.24, 2.45) is 23.7 Å². The molecule has 2 aliphatic carbocycles. The highest BCUT2D eigenvalue weighted by molar-refractivity contribution is 9.12. The molecule has 2 saturated carbocycles. The van der Waals surface area contributed by atoms with Gasteiger partial charge in [0.05, 0.1) is 23.1 Å². The van der Waals surface area contributed by atoms with E-state index < -0.39 is 5.97 Å². The number of imide groups is 1. The Balaban J connectivity index is 1.26. The number of carbonyl (C=O) groups is 4. The van der Waals surface area contributed by atoms with Crippen molar-refractivity contribution in [2.75, 3.05) is 11.5 Å². The number of amides is 2. The minimum atomic E-state index is -0.639. The number of benzene rings is 2. The maximum Gasteiger partial charge on any atom is 0.338 e. The molecule has 1 saturated heterocycles. The number of halogens is 2. The number of hydrogen-bond acceptors (Lipinski definition) is 5. The molecule has 170 valence electrons. The Morgan fingerprint density at radius 3 is 1.94 bits per heavy atom. The minimum Gasteiger partial charge on any atom is -0.454 e. The van der Waals surface area contributed by atoms with Crippen LogP contribution in [0.2, 0.25) is 0 Å². The van der Waals surface area contributed by atoms with Crippen LogP contribution < -0.4 is 4.90 Å². The van der Waals surface area contributed by atoms with Crippen molar-refractivity contribution < 1.29 is 23.9 Å². The molecular weight excluding hydrogens is 554 g/mol. The molecular formula is C25H21Br2NO5. The highest BCUT2D eigenvalue weighted by Gasteiger charge is 2.66. The lowest BCUT2D eigenvalue weighted by Gasteiger charge is -2.28. The van der Waals surface area contributed by atoms with Gasteiger partial charge in [0, 0.05) is 15.2 Å². The van der Waals surface area contributed by atoms with E-state index >= 15 is 0 Å². The van der Waals surface area contributed by atoms with Crippen molar-refractivity contribution in [1.82, 2.24) is 0 Å². The lowest BCUT2D eigenvalue weighted by atomic mass is 9.81. The van der Waals surface area contributed by atoms with Crippen LogP contribution >= 0.6 is 31.9 Å². The van der Waals surface area contributed by atoms with Crippen LogP contribution in [0.4, 0.5) is 5.69 Å². The summed E-state index contributed by atoms with van der Waals surface area (Å²) >= 11 is 7.37. The molecule has 0 spiro atoms. The molecule has 2 aromatic carbocycles. The SMILES string of the molecule is Cc1ccc(C(=O)COC(=O)c2ccc(N3C(=O)[C@@H]4[C@H]5C[C@@H]([C@H](Br)[C@@H]5Br)[C@@H]4C3=O)cc2)cc1. The van der Waals surface area contributed by atoms with Crippen molar-refractivity contribution in [2.45, 2.75) is 23.0 Å². The third kappa shape index (κ3) is 3.67. The molecule has 0 N–H and O–H groups in total. The quantitative estimate of drug-likeness (QED) is 0.230. The summed E-state index contributed by atoms with van der Waals surface area (Å²) in [6.07, 6.45) is 0.874. The number of fused-ring (bicyclic) bond motifs is 5. The predicted octanol–water partition coefficient (Wildman–Crippen LogP) is 4.32. The van der Waals surface area contributed by atoms with Gasteiger partial charge in [-0.05, 0) is 49.4 Å². The summed E-state index contributed by atoms with van der Waals surface area (Å²) in [7, 11) is 0. The first-order valence-electron chi connectivity index (χ1n) is 10.8. The van der Waals surface area contributed by atoms with Crippen LogP contribution in [0.15, 0.2) is 48.5 Å². The van der Waals surface area contributed by atoms with Gasteiger partial charge in [0.15, 0.2) is 12.4 Å². The average Bonchev–Trinajstić information content (AvgIpc) is 3.42. The summed E-state index contributed by atoms with van der Waals surface area (Å²) in [6.45, 7) is 1.56. The van der Waals surface area contributed by atoms with E-state index in [1.807, 2.05) is 19.1 Å². The van der Waals surface area contributed by atoms with Crippen LogP contribution in [-0.4, -0.2) is 39.8 Å². The fourth-order valence-electron chi connectivity index (χ4n) is 5.39. The standard InChI is InChI=1S/C25H21Br2NO5/c1-12-2-4-13(5-3-12)18(29)11-33-25(32)14-6-8-15(9-7-14)28-23(30)19-16-10-17(20(19)24(28)31)22(27)21(16)26/h2-9,16-17,19-22H,10-11H2,1H3/t16-,17-,19-,20+,21-,22+/m1/s1. The number of rotatable bonds is 5.